The Kier molecular flexibility index (Phi) is 3.17. The second-order valence-corrected chi connectivity index (χ2v) is 5.09. The van der Waals surface area contributed by atoms with Gasteiger partial charge in [-0.05, 0) is 18.6 Å². The van der Waals surface area contributed by atoms with Gasteiger partial charge in [0.2, 0.25) is 5.91 Å². The maximum Gasteiger partial charge on any atom is 0.307 e. The smallest absolute Gasteiger partial charge is 0.307 e. The fourth-order valence-corrected chi connectivity index (χ4v) is 2.30. The maximum absolute atomic E-state index is 12.1. The second kappa shape index (κ2) is 5.01. The number of aliphatic carboxylic acids is 1. The van der Waals surface area contributed by atoms with Crippen LogP contribution in [0.1, 0.15) is 6.42 Å². The Bertz CT molecular complexity index is 710. The maximum atomic E-state index is 12.1. The van der Waals surface area contributed by atoms with E-state index in [1.807, 2.05) is 19.2 Å². The number of amides is 1. The lowest BCUT2D eigenvalue weighted by Crippen LogP contribution is -2.17. The van der Waals surface area contributed by atoms with Crippen molar-refractivity contribution in [2.24, 2.45) is 18.9 Å². The van der Waals surface area contributed by atoms with Gasteiger partial charge in [-0.1, -0.05) is 12.1 Å². The van der Waals surface area contributed by atoms with E-state index in [-0.39, 0.29) is 5.91 Å². The molecule has 1 aromatic heterocycles. The standard InChI is InChI=1S/C14H14N4O3/c1-18-7-15-17-12(18)8-4-2-3-5-11(8)16-13(19)9-6-10(9)14(20)21/h2-5,7,9-10H,6H2,1H3,(H,16,19)(H,20,21)/t9-,10+/m1/s1. The van der Waals surface area contributed by atoms with Gasteiger partial charge in [0, 0.05) is 12.6 Å². The second-order valence-electron chi connectivity index (χ2n) is 5.09. The number of nitrogens with one attached hydrogen (secondary N) is 1. The summed E-state index contributed by atoms with van der Waals surface area (Å²) in [7, 11) is 1.81. The average Bonchev–Trinajstić information content (AvgIpc) is 3.16. The highest BCUT2D eigenvalue weighted by Gasteiger charge is 2.48. The van der Waals surface area contributed by atoms with E-state index < -0.39 is 17.8 Å². The van der Waals surface area contributed by atoms with Crippen LogP contribution in [0.4, 0.5) is 5.69 Å². The molecule has 7 heteroatoms. The van der Waals surface area contributed by atoms with Crippen molar-refractivity contribution in [3.8, 4) is 11.4 Å². The molecular formula is C14H14N4O3. The van der Waals surface area contributed by atoms with Crippen LogP contribution in [0.15, 0.2) is 30.6 Å². The van der Waals surface area contributed by atoms with E-state index in [9.17, 15) is 9.59 Å². The van der Waals surface area contributed by atoms with Crippen molar-refractivity contribution in [2.45, 2.75) is 6.42 Å². The SMILES string of the molecule is Cn1cnnc1-c1ccccc1NC(=O)[C@@H]1C[C@@H]1C(=O)O. The van der Waals surface area contributed by atoms with Gasteiger partial charge < -0.3 is 15.0 Å². The third-order valence-electron chi connectivity index (χ3n) is 3.58. The molecule has 1 saturated carbocycles. The quantitative estimate of drug-likeness (QED) is 0.878. The van der Waals surface area contributed by atoms with Crippen molar-refractivity contribution in [1.29, 1.82) is 0 Å². The number of benzene rings is 1. The number of aryl methyl sites for hydroxylation is 1. The molecule has 0 spiro atoms. The monoisotopic (exact) mass is 286 g/mol. The van der Waals surface area contributed by atoms with Gasteiger partial charge in [0.05, 0.1) is 17.5 Å². The Morgan fingerprint density at radius 2 is 2.10 bits per heavy atom. The van der Waals surface area contributed by atoms with E-state index in [4.69, 9.17) is 5.11 Å². The van der Waals surface area contributed by atoms with Gasteiger partial charge in [-0.2, -0.15) is 0 Å². The molecule has 1 aromatic carbocycles. The molecule has 0 unspecified atom stereocenters. The van der Waals surface area contributed by atoms with Crippen molar-refractivity contribution < 1.29 is 14.7 Å². The van der Waals surface area contributed by atoms with Crippen LogP contribution < -0.4 is 5.32 Å². The van der Waals surface area contributed by atoms with Crippen LogP contribution in [0.2, 0.25) is 0 Å². The van der Waals surface area contributed by atoms with Gasteiger partial charge in [-0.25, -0.2) is 0 Å². The summed E-state index contributed by atoms with van der Waals surface area (Å²) in [5.41, 5.74) is 1.35. The zero-order valence-corrected chi connectivity index (χ0v) is 11.4. The molecule has 1 fully saturated rings. The van der Waals surface area contributed by atoms with Crippen LogP contribution in [0, 0.1) is 11.8 Å². The van der Waals surface area contributed by atoms with Gasteiger partial charge >= 0.3 is 5.97 Å². The number of nitrogens with zero attached hydrogens (tertiary/aromatic N) is 3. The Morgan fingerprint density at radius 3 is 2.71 bits per heavy atom. The molecule has 1 amide bonds. The first-order valence-corrected chi connectivity index (χ1v) is 6.55. The highest BCUT2D eigenvalue weighted by atomic mass is 16.4. The number of carbonyl (C=O) groups excluding carboxylic acids is 1. The highest BCUT2D eigenvalue weighted by Crippen LogP contribution is 2.40. The Morgan fingerprint density at radius 1 is 1.33 bits per heavy atom. The van der Waals surface area contributed by atoms with Crippen LogP contribution in [0.25, 0.3) is 11.4 Å². The molecule has 1 aliphatic rings. The first kappa shape index (κ1) is 13.3. The van der Waals surface area contributed by atoms with Gasteiger partial charge in [-0.15, -0.1) is 10.2 Å². The zero-order chi connectivity index (χ0) is 15.0. The predicted molar refractivity (Wildman–Crippen MR) is 74.3 cm³/mol. The van der Waals surface area contributed by atoms with Gasteiger partial charge in [-0.3, -0.25) is 9.59 Å². The lowest BCUT2D eigenvalue weighted by molar-refractivity contribution is -0.139. The third-order valence-corrected chi connectivity index (χ3v) is 3.58. The molecule has 2 N–H and O–H groups in total. The molecule has 108 valence electrons. The molecule has 1 aliphatic carbocycles. The Labute approximate surface area is 120 Å². The Hall–Kier alpha value is -2.70. The lowest BCUT2D eigenvalue weighted by Gasteiger charge is -2.10. The minimum Gasteiger partial charge on any atom is -0.481 e. The number of carboxylic acids is 1. The number of aromatic nitrogens is 3. The number of carboxylic acid groups (broad SMARTS) is 1. The first-order chi connectivity index (χ1) is 10.1. The van der Waals surface area contributed by atoms with Crippen molar-refractivity contribution >= 4 is 17.6 Å². The predicted octanol–water partition coefficient (Wildman–Crippen LogP) is 1.14. The number of rotatable bonds is 4. The van der Waals surface area contributed by atoms with E-state index in [2.05, 4.69) is 15.5 Å². The van der Waals surface area contributed by atoms with E-state index in [0.717, 1.165) is 5.56 Å². The van der Waals surface area contributed by atoms with Crippen molar-refractivity contribution in [1.82, 2.24) is 14.8 Å². The van der Waals surface area contributed by atoms with Crippen LogP contribution in [0.5, 0.6) is 0 Å². The summed E-state index contributed by atoms with van der Waals surface area (Å²) in [5, 5.41) is 19.5. The largest absolute Gasteiger partial charge is 0.481 e. The molecule has 7 nitrogen and oxygen atoms in total. The summed E-state index contributed by atoms with van der Waals surface area (Å²) >= 11 is 0. The molecular weight excluding hydrogens is 272 g/mol. The molecule has 0 saturated heterocycles. The summed E-state index contributed by atoms with van der Waals surface area (Å²) in [5.74, 6) is -1.56. The molecule has 0 aliphatic heterocycles. The van der Waals surface area contributed by atoms with E-state index in [1.165, 1.54) is 0 Å². The molecule has 1 heterocycles. The fraction of sp³-hybridized carbons (Fsp3) is 0.286. The van der Waals surface area contributed by atoms with E-state index in [0.29, 0.717) is 17.9 Å². The number of hydrogen-bond donors (Lipinski definition) is 2. The summed E-state index contributed by atoms with van der Waals surface area (Å²) in [6, 6.07) is 7.25. The normalized spacial score (nSPS) is 20.0. The topological polar surface area (TPSA) is 97.1 Å². The molecule has 3 rings (SSSR count). The van der Waals surface area contributed by atoms with Crippen molar-refractivity contribution in [3.05, 3.63) is 30.6 Å². The lowest BCUT2D eigenvalue weighted by atomic mass is 10.1. The average molecular weight is 286 g/mol. The van der Waals surface area contributed by atoms with Gasteiger partial charge in [0.15, 0.2) is 5.82 Å². The zero-order valence-electron chi connectivity index (χ0n) is 11.4. The Balaban J connectivity index is 1.82. The number of hydrogen-bond acceptors (Lipinski definition) is 4. The summed E-state index contributed by atoms with van der Waals surface area (Å²) in [6.07, 6.45) is 1.97. The molecule has 0 radical (unpaired) electrons. The fourth-order valence-electron chi connectivity index (χ4n) is 2.30. The van der Waals surface area contributed by atoms with Gasteiger partial charge in [0.25, 0.3) is 0 Å². The summed E-state index contributed by atoms with van der Waals surface area (Å²) < 4.78 is 1.75. The number of anilines is 1. The van der Waals surface area contributed by atoms with E-state index >= 15 is 0 Å². The van der Waals surface area contributed by atoms with Crippen LogP contribution in [-0.4, -0.2) is 31.7 Å². The minimum atomic E-state index is -0.920. The molecule has 2 aromatic rings. The number of para-hydroxylation sites is 1. The first-order valence-electron chi connectivity index (χ1n) is 6.55. The molecule has 2 atom stereocenters. The van der Waals surface area contributed by atoms with Gasteiger partial charge in [0.1, 0.15) is 6.33 Å². The third kappa shape index (κ3) is 2.49. The van der Waals surface area contributed by atoms with Crippen molar-refractivity contribution in [3.63, 3.8) is 0 Å². The van der Waals surface area contributed by atoms with Crippen LogP contribution in [-0.2, 0) is 16.6 Å². The molecule has 21 heavy (non-hydrogen) atoms. The minimum absolute atomic E-state index is 0.267. The van der Waals surface area contributed by atoms with Crippen LogP contribution in [0.3, 0.4) is 0 Å². The van der Waals surface area contributed by atoms with Crippen LogP contribution >= 0.6 is 0 Å². The molecule has 0 bridgehead atoms. The summed E-state index contributed by atoms with van der Waals surface area (Å²) in [4.78, 5) is 22.9. The number of carbonyl (C=O) groups is 2. The van der Waals surface area contributed by atoms with Crippen molar-refractivity contribution in [2.75, 3.05) is 5.32 Å². The van der Waals surface area contributed by atoms with E-state index in [1.54, 1.807) is 23.0 Å². The summed E-state index contributed by atoms with van der Waals surface area (Å²) in [6.45, 7) is 0. The highest BCUT2D eigenvalue weighted by molar-refractivity contribution is 6.00.